The summed E-state index contributed by atoms with van der Waals surface area (Å²) in [7, 11) is 1.87. The van der Waals surface area contributed by atoms with E-state index in [1.54, 1.807) is 0 Å². The predicted molar refractivity (Wildman–Crippen MR) is 48.2 cm³/mol. The van der Waals surface area contributed by atoms with Crippen LogP contribution in [0.15, 0.2) is 4.42 Å². The van der Waals surface area contributed by atoms with Gasteiger partial charge in [0.25, 0.3) is 0 Å². The Morgan fingerprint density at radius 1 is 1.54 bits per heavy atom. The second-order valence-corrected chi connectivity index (χ2v) is 3.69. The van der Waals surface area contributed by atoms with Crippen LogP contribution in [0.25, 0.3) is 0 Å². The maximum atomic E-state index is 5.50. The normalized spacial score (nSPS) is 18.9. The Hall–Kier alpha value is -0.900. The minimum absolute atomic E-state index is 0.443. The number of aromatic nitrogens is 2. The molecule has 1 heterocycles. The summed E-state index contributed by atoms with van der Waals surface area (Å²) in [6, 6.07) is 0. The molecule has 0 spiro atoms. The van der Waals surface area contributed by atoms with Crippen molar-refractivity contribution in [2.45, 2.75) is 32.2 Å². The van der Waals surface area contributed by atoms with Crippen LogP contribution in [-0.4, -0.2) is 17.2 Å². The molecule has 0 bridgehead atoms. The molecule has 0 aliphatic heterocycles. The zero-order valence-electron chi connectivity index (χ0n) is 8.08. The monoisotopic (exact) mass is 181 g/mol. The first-order valence-electron chi connectivity index (χ1n) is 4.78. The van der Waals surface area contributed by atoms with Gasteiger partial charge in [-0.2, -0.15) is 0 Å². The molecule has 0 amide bonds. The van der Waals surface area contributed by atoms with Crippen LogP contribution in [0.3, 0.4) is 0 Å². The van der Waals surface area contributed by atoms with Crippen LogP contribution in [0.1, 0.15) is 37.5 Å². The van der Waals surface area contributed by atoms with Crippen molar-refractivity contribution in [3.05, 3.63) is 11.8 Å². The van der Waals surface area contributed by atoms with Crippen molar-refractivity contribution in [3.63, 3.8) is 0 Å². The van der Waals surface area contributed by atoms with Crippen LogP contribution in [0.2, 0.25) is 0 Å². The van der Waals surface area contributed by atoms with Gasteiger partial charge in [0.2, 0.25) is 11.8 Å². The molecule has 1 aliphatic carbocycles. The predicted octanol–water partition coefficient (Wildman–Crippen LogP) is 1.30. The molecule has 0 saturated heterocycles. The van der Waals surface area contributed by atoms with Gasteiger partial charge in [-0.1, -0.05) is 6.92 Å². The number of hydrogen-bond donors (Lipinski definition) is 1. The van der Waals surface area contributed by atoms with Gasteiger partial charge in [0, 0.05) is 5.92 Å². The zero-order valence-corrected chi connectivity index (χ0v) is 8.08. The molecule has 1 unspecified atom stereocenters. The van der Waals surface area contributed by atoms with E-state index in [9.17, 15) is 0 Å². The fourth-order valence-electron chi connectivity index (χ4n) is 1.47. The van der Waals surface area contributed by atoms with Crippen LogP contribution in [-0.2, 0) is 6.54 Å². The van der Waals surface area contributed by atoms with Gasteiger partial charge in [0.05, 0.1) is 6.54 Å². The Balaban J connectivity index is 2.03. The molecule has 1 atom stereocenters. The van der Waals surface area contributed by atoms with E-state index in [0.717, 1.165) is 11.8 Å². The molecule has 13 heavy (non-hydrogen) atoms. The van der Waals surface area contributed by atoms with Gasteiger partial charge < -0.3 is 9.73 Å². The van der Waals surface area contributed by atoms with Gasteiger partial charge in [0.1, 0.15) is 0 Å². The van der Waals surface area contributed by atoms with E-state index in [1.807, 2.05) is 7.05 Å². The molecule has 0 radical (unpaired) electrons. The lowest BCUT2D eigenvalue weighted by atomic mass is 10.1. The first-order valence-corrected chi connectivity index (χ1v) is 4.78. The second kappa shape index (κ2) is 3.46. The highest BCUT2D eigenvalue weighted by atomic mass is 16.4. The Morgan fingerprint density at radius 3 is 2.92 bits per heavy atom. The number of nitrogens with zero attached hydrogens (tertiary/aromatic N) is 2. The Morgan fingerprint density at radius 2 is 2.31 bits per heavy atom. The minimum atomic E-state index is 0.443. The van der Waals surface area contributed by atoms with Crippen LogP contribution >= 0.6 is 0 Å². The fraction of sp³-hybridized carbons (Fsp3) is 0.778. The van der Waals surface area contributed by atoms with Crippen molar-refractivity contribution < 1.29 is 4.42 Å². The quantitative estimate of drug-likeness (QED) is 0.760. The van der Waals surface area contributed by atoms with E-state index >= 15 is 0 Å². The van der Waals surface area contributed by atoms with E-state index < -0.39 is 0 Å². The molecule has 2 rings (SSSR count). The summed E-state index contributed by atoms with van der Waals surface area (Å²) in [6.07, 6.45) is 2.62. The van der Waals surface area contributed by atoms with Crippen molar-refractivity contribution >= 4 is 0 Å². The summed E-state index contributed by atoms with van der Waals surface area (Å²) >= 11 is 0. The van der Waals surface area contributed by atoms with Crippen LogP contribution in [0.5, 0.6) is 0 Å². The van der Waals surface area contributed by atoms with E-state index in [4.69, 9.17) is 4.42 Å². The highest BCUT2D eigenvalue weighted by Gasteiger charge is 2.32. The first-order chi connectivity index (χ1) is 6.31. The molecule has 1 saturated carbocycles. The lowest BCUT2D eigenvalue weighted by Crippen LogP contribution is -2.04. The summed E-state index contributed by atoms with van der Waals surface area (Å²) in [6.45, 7) is 2.82. The van der Waals surface area contributed by atoms with Crippen molar-refractivity contribution in [2.24, 2.45) is 5.92 Å². The maximum absolute atomic E-state index is 5.50. The van der Waals surface area contributed by atoms with E-state index in [-0.39, 0.29) is 0 Å². The fourth-order valence-corrected chi connectivity index (χ4v) is 1.47. The van der Waals surface area contributed by atoms with Crippen LogP contribution in [0.4, 0.5) is 0 Å². The molecular formula is C9H15N3O. The Labute approximate surface area is 77.7 Å². The van der Waals surface area contributed by atoms with Crippen LogP contribution < -0.4 is 5.32 Å². The second-order valence-electron chi connectivity index (χ2n) is 3.69. The molecule has 4 nitrogen and oxygen atoms in total. The first kappa shape index (κ1) is 8.69. The third-order valence-electron chi connectivity index (χ3n) is 2.53. The van der Waals surface area contributed by atoms with Gasteiger partial charge in [-0.25, -0.2) is 0 Å². The standard InChI is InChI=1S/C9H15N3O/c1-6(7-3-4-7)9-12-11-8(13-9)5-10-2/h6-7,10H,3-5H2,1-2H3. The minimum Gasteiger partial charge on any atom is -0.424 e. The molecule has 72 valence electrons. The topological polar surface area (TPSA) is 51.0 Å². The average molecular weight is 181 g/mol. The molecular weight excluding hydrogens is 166 g/mol. The van der Waals surface area contributed by atoms with Crippen LogP contribution in [0, 0.1) is 5.92 Å². The smallest absolute Gasteiger partial charge is 0.230 e. The van der Waals surface area contributed by atoms with Crippen molar-refractivity contribution in [1.29, 1.82) is 0 Å². The third kappa shape index (κ3) is 1.88. The molecule has 1 aromatic rings. The zero-order chi connectivity index (χ0) is 9.26. The number of hydrogen-bond acceptors (Lipinski definition) is 4. The molecule has 1 fully saturated rings. The Kier molecular flexibility index (Phi) is 2.31. The molecule has 1 aliphatic rings. The summed E-state index contributed by atoms with van der Waals surface area (Å²) in [5.74, 6) is 2.71. The maximum Gasteiger partial charge on any atom is 0.230 e. The molecule has 1 aromatic heterocycles. The molecule has 1 N–H and O–H groups in total. The van der Waals surface area contributed by atoms with E-state index in [1.165, 1.54) is 12.8 Å². The SMILES string of the molecule is CNCc1nnc(C(C)C2CC2)o1. The molecule has 0 aromatic carbocycles. The van der Waals surface area contributed by atoms with Crippen molar-refractivity contribution in [1.82, 2.24) is 15.5 Å². The number of nitrogens with one attached hydrogen (secondary N) is 1. The summed E-state index contributed by atoms with van der Waals surface area (Å²) in [4.78, 5) is 0. The van der Waals surface area contributed by atoms with E-state index in [0.29, 0.717) is 18.4 Å². The Bertz CT molecular complexity index is 280. The summed E-state index contributed by atoms with van der Waals surface area (Å²) in [5.41, 5.74) is 0. The van der Waals surface area contributed by atoms with Gasteiger partial charge in [0.15, 0.2) is 0 Å². The number of rotatable bonds is 4. The lowest BCUT2D eigenvalue weighted by molar-refractivity contribution is 0.402. The third-order valence-corrected chi connectivity index (χ3v) is 2.53. The highest BCUT2D eigenvalue weighted by Crippen LogP contribution is 2.41. The average Bonchev–Trinajstić information content (AvgIpc) is 2.87. The van der Waals surface area contributed by atoms with Gasteiger partial charge in [-0.05, 0) is 25.8 Å². The lowest BCUT2D eigenvalue weighted by Gasteiger charge is -2.01. The van der Waals surface area contributed by atoms with E-state index in [2.05, 4.69) is 22.4 Å². The summed E-state index contributed by atoms with van der Waals surface area (Å²) < 4.78 is 5.50. The van der Waals surface area contributed by atoms with Gasteiger partial charge in [-0.15, -0.1) is 10.2 Å². The van der Waals surface area contributed by atoms with Gasteiger partial charge in [-0.3, -0.25) is 0 Å². The summed E-state index contributed by atoms with van der Waals surface area (Å²) in [5, 5.41) is 11.0. The largest absolute Gasteiger partial charge is 0.424 e. The van der Waals surface area contributed by atoms with Gasteiger partial charge >= 0.3 is 0 Å². The van der Waals surface area contributed by atoms with Crippen molar-refractivity contribution in [2.75, 3.05) is 7.05 Å². The highest BCUT2D eigenvalue weighted by molar-refractivity contribution is 4.97. The van der Waals surface area contributed by atoms with Crippen molar-refractivity contribution in [3.8, 4) is 0 Å². The molecule has 4 heteroatoms.